The average molecular weight is 413 g/mol. The maximum atomic E-state index is 12.9. The van der Waals surface area contributed by atoms with Crippen LogP contribution < -0.4 is 10.7 Å². The van der Waals surface area contributed by atoms with E-state index in [0.29, 0.717) is 10.7 Å². The van der Waals surface area contributed by atoms with Crippen LogP contribution in [0.3, 0.4) is 0 Å². The van der Waals surface area contributed by atoms with E-state index in [-0.39, 0.29) is 18.3 Å². The fraction of sp³-hybridized carbons (Fsp3) is 0.182. The number of carbonyl (C=O) groups excluding carboxylic acids is 1. The van der Waals surface area contributed by atoms with Crippen LogP contribution in [0.2, 0.25) is 5.02 Å². The molecule has 0 radical (unpaired) electrons. The van der Waals surface area contributed by atoms with Crippen LogP contribution in [0.1, 0.15) is 22.5 Å². The van der Waals surface area contributed by atoms with Crippen molar-refractivity contribution in [2.45, 2.75) is 20.8 Å². The highest BCUT2D eigenvalue weighted by Crippen LogP contribution is 2.24. The van der Waals surface area contributed by atoms with Gasteiger partial charge in [0.15, 0.2) is 0 Å². The van der Waals surface area contributed by atoms with Gasteiger partial charge in [0.25, 0.3) is 5.91 Å². The third-order valence-corrected chi connectivity index (χ3v) is 4.98. The number of aryl methyl sites for hydroxylation is 2. The molecule has 3 rings (SSSR count). The van der Waals surface area contributed by atoms with Crippen LogP contribution in [-0.2, 0) is 4.79 Å². The van der Waals surface area contributed by atoms with Crippen LogP contribution in [0.15, 0.2) is 53.6 Å². The van der Waals surface area contributed by atoms with Gasteiger partial charge in [0, 0.05) is 33.3 Å². The molecule has 0 saturated heterocycles. The molecule has 3 aromatic rings. The number of halogens is 2. The number of carbonyl (C=O) groups is 1. The maximum Gasteiger partial charge on any atom is 0.259 e. The van der Waals surface area contributed by atoms with E-state index in [0.717, 1.165) is 28.2 Å². The summed E-state index contributed by atoms with van der Waals surface area (Å²) in [5, 5.41) is 7.67. The molecular formula is C22H22ClFN4O. The van der Waals surface area contributed by atoms with E-state index in [1.54, 1.807) is 18.3 Å². The smallest absolute Gasteiger partial charge is 0.259 e. The number of nitrogens with zero attached hydrogens (tertiary/aromatic N) is 2. The predicted octanol–water partition coefficient (Wildman–Crippen LogP) is 4.76. The van der Waals surface area contributed by atoms with Crippen LogP contribution in [0.5, 0.6) is 0 Å². The SMILES string of the molecule is Cc1ccc(-n2c(C)cc(/C=N\NC(=O)CNc3ccc(F)cc3)c2C)cc1Cl. The summed E-state index contributed by atoms with van der Waals surface area (Å²) >= 11 is 6.26. The quantitative estimate of drug-likeness (QED) is 0.453. The minimum atomic E-state index is -0.324. The van der Waals surface area contributed by atoms with Crippen molar-refractivity contribution in [1.29, 1.82) is 0 Å². The Morgan fingerprint density at radius 3 is 2.55 bits per heavy atom. The van der Waals surface area contributed by atoms with Gasteiger partial charge in [0.1, 0.15) is 5.82 Å². The fourth-order valence-electron chi connectivity index (χ4n) is 3.00. The number of benzene rings is 2. The first kappa shape index (κ1) is 20.6. The van der Waals surface area contributed by atoms with E-state index in [1.807, 2.05) is 45.0 Å². The summed E-state index contributed by atoms with van der Waals surface area (Å²) in [5.41, 5.74) is 8.07. The topological polar surface area (TPSA) is 58.4 Å². The molecule has 1 amide bonds. The first-order chi connectivity index (χ1) is 13.8. The lowest BCUT2D eigenvalue weighted by molar-refractivity contribution is -0.119. The summed E-state index contributed by atoms with van der Waals surface area (Å²) < 4.78 is 15.0. The van der Waals surface area contributed by atoms with E-state index >= 15 is 0 Å². The van der Waals surface area contributed by atoms with Gasteiger partial charge in [-0.1, -0.05) is 17.7 Å². The zero-order valence-electron chi connectivity index (χ0n) is 16.5. The first-order valence-corrected chi connectivity index (χ1v) is 9.50. The molecule has 0 aliphatic rings. The van der Waals surface area contributed by atoms with Crippen LogP contribution in [-0.4, -0.2) is 23.2 Å². The van der Waals surface area contributed by atoms with Crippen molar-refractivity contribution in [2.75, 3.05) is 11.9 Å². The summed E-state index contributed by atoms with van der Waals surface area (Å²) in [6.45, 7) is 5.99. The molecular weight excluding hydrogens is 391 g/mol. The third-order valence-electron chi connectivity index (χ3n) is 4.57. The van der Waals surface area contributed by atoms with Crippen LogP contribution in [0, 0.1) is 26.6 Å². The summed E-state index contributed by atoms with van der Waals surface area (Å²) in [6, 6.07) is 13.7. The molecule has 0 aliphatic carbocycles. The maximum absolute atomic E-state index is 12.9. The highest BCUT2D eigenvalue weighted by atomic mass is 35.5. The van der Waals surface area contributed by atoms with Gasteiger partial charge < -0.3 is 9.88 Å². The Balaban J connectivity index is 1.64. The van der Waals surface area contributed by atoms with Crippen molar-refractivity contribution >= 4 is 29.4 Å². The van der Waals surface area contributed by atoms with Gasteiger partial charge in [0.05, 0.1) is 12.8 Å². The van der Waals surface area contributed by atoms with E-state index < -0.39 is 0 Å². The summed E-state index contributed by atoms with van der Waals surface area (Å²) in [7, 11) is 0. The lowest BCUT2D eigenvalue weighted by Gasteiger charge is -2.11. The Hall–Kier alpha value is -3.12. The van der Waals surface area contributed by atoms with E-state index in [4.69, 9.17) is 11.6 Å². The van der Waals surface area contributed by atoms with Gasteiger partial charge in [-0.2, -0.15) is 5.10 Å². The standard InChI is InChI=1S/C22H22ClFN4O/c1-14-4-9-20(11-21(14)23)28-15(2)10-17(16(28)3)12-26-27-22(29)13-25-19-7-5-18(24)6-8-19/h4-12,25H,13H2,1-3H3,(H,27,29)/b26-12-. The highest BCUT2D eigenvalue weighted by molar-refractivity contribution is 6.31. The lowest BCUT2D eigenvalue weighted by Crippen LogP contribution is -2.25. The molecule has 29 heavy (non-hydrogen) atoms. The summed E-state index contributed by atoms with van der Waals surface area (Å²) in [6.07, 6.45) is 1.62. The van der Waals surface area contributed by atoms with E-state index in [9.17, 15) is 9.18 Å². The average Bonchev–Trinajstić information content (AvgIpc) is 2.97. The molecule has 0 fully saturated rings. The Morgan fingerprint density at radius 2 is 1.86 bits per heavy atom. The van der Waals surface area contributed by atoms with Crippen LogP contribution in [0.25, 0.3) is 5.69 Å². The molecule has 0 spiro atoms. The second-order valence-electron chi connectivity index (χ2n) is 6.75. The number of hydrazone groups is 1. The van der Waals surface area contributed by atoms with Crippen molar-refractivity contribution in [2.24, 2.45) is 5.10 Å². The molecule has 2 aromatic carbocycles. The largest absolute Gasteiger partial charge is 0.376 e. The number of hydrogen-bond donors (Lipinski definition) is 2. The van der Waals surface area contributed by atoms with Crippen molar-refractivity contribution in [1.82, 2.24) is 9.99 Å². The molecule has 1 aromatic heterocycles. The Bertz CT molecular complexity index is 1060. The molecule has 1 heterocycles. The summed E-state index contributed by atoms with van der Waals surface area (Å²) in [4.78, 5) is 11.9. The number of nitrogens with one attached hydrogen (secondary N) is 2. The number of rotatable bonds is 6. The number of aromatic nitrogens is 1. The second-order valence-corrected chi connectivity index (χ2v) is 7.16. The van der Waals surface area contributed by atoms with Crippen LogP contribution >= 0.6 is 11.6 Å². The van der Waals surface area contributed by atoms with E-state index in [2.05, 4.69) is 20.4 Å². The second kappa shape index (κ2) is 8.92. The lowest BCUT2D eigenvalue weighted by atomic mass is 10.2. The van der Waals surface area contributed by atoms with Gasteiger partial charge >= 0.3 is 0 Å². The predicted molar refractivity (Wildman–Crippen MR) is 116 cm³/mol. The molecule has 0 unspecified atom stereocenters. The van der Waals surface area contributed by atoms with Crippen LogP contribution in [0.4, 0.5) is 10.1 Å². The number of amides is 1. The van der Waals surface area contributed by atoms with Crippen molar-refractivity contribution in [3.8, 4) is 5.69 Å². The van der Waals surface area contributed by atoms with E-state index in [1.165, 1.54) is 12.1 Å². The molecule has 0 bridgehead atoms. The molecule has 0 atom stereocenters. The van der Waals surface area contributed by atoms with Gasteiger partial charge in [-0.25, -0.2) is 9.82 Å². The number of anilines is 1. The Labute approximate surface area is 174 Å². The zero-order chi connectivity index (χ0) is 21.0. The normalized spacial score (nSPS) is 11.1. The zero-order valence-corrected chi connectivity index (χ0v) is 17.2. The Morgan fingerprint density at radius 1 is 1.14 bits per heavy atom. The van der Waals surface area contributed by atoms with Gasteiger partial charge in [-0.15, -0.1) is 0 Å². The summed E-state index contributed by atoms with van der Waals surface area (Å²) in [5.74, 6) is -0.625. The number of hydrogen-bond acceptors (Lipinski definition) is 3. The molecule has 7 heteroatoms. The minimum absolute atomic E-state index is 0.0316. The monoisotopic (exact) mass is 412 g/mol. The van der Waals surface area contributed by atoms with Gasteiger partial charge in [-0.3, -0.25) is 4.79 Å². The van der Waals surface area contributed by atoms with Crippen molar-refractivity contribution in [3.05, 3.63) is 81.9 Å². The molecule has 0 aliphatic heterocycles. The highest BCUT2D eigenvalue weighted by Gasteiger charge is 2.10. The molecule has 5 nitrogen and oxygen atoms in total. The van der Waals surface area contributed by atoms with Crippen molar-refractivity contribution < 1.29 is 9.18 Å². The first-order valence-electron chi connectivity index (χ1n) is 9.12. The minimum Gasteiger partial charge on any atom is -0.376 e. The van der Waals surface area contributed by atoms with Crippen molar-refractivity contribution in [3.63, 3.8) is 0 Å². The third kappa shape index (κ3) is 5.03. The van der Waals surface area contributed by atoms with Gasteiger partial charge in [-0.05, 0) is 68.8 Å². The fourth-order valence-corrected chi connectivity index (χ4v) is 3.17. The molecule has 150 valence electrons. The van der Waals surface area contributed by atoms with Gasteiger partial charge in [0.2, 0.25) is 0 Å². The molecule has 2 N–H and O–H groups in total. The Kier molecular flexibility index (Phi) is 6.34. The molecule has 0 saturated carbocycles.